The molecule has 15 heavy (non-hydrogen) atoms. The molecule has 2 nitrogen and oxygen atoms in total. The number of nitrogens with zero attached hydrogens (tertiary/aromatic N) is 1. The summed E-state index contributed by atoms with van der Waals surface area (Å²) in [4.78, 5) is 0. The van der Waals surface area contributed by atoms with Crippen molar-refractivity contribution in [2.75, 3.05) is 0 Å². The maximum Gasteiger partial charge on any atom is 0.0626 e. The lowest BCUT2D eigenvalue weighted by Crippen LogP contribution is -2.22. The molecule has 0 saturated heterocycles. The Morgan fingerprint density at radius 3 is 3.13 bits per heavy atom. The number of para-hydroxylation sites is 1. The second-order valence-corrected chi connectivity index (χ2v) is 4.97. The Labute approximate surface area is 96.6 Å². The SMILES string of the molecule is OC1CCn2c(cc3cccc(Br)c32)C1. The molecule has 0 aliphatic carbocycles. The summed E-state index contributed by atoms with van der Waals surface area (Å²) in [6, 6.07) is 8.43. The molecule has 3 rings (SSSR count). The van der Waals surface area contributed by atoms with Crippen molar-refractivity contribution in [3.8, 4) is 0 Å². The molecule has 2 aromatic rings. The molecule has 0 fully saturated rings. The predicted octanol–water partition coefficient (Wildman–Crippen LogP) is 2.71. The van der Waals surface area contributed by atoms with Gasteiger partial charge in [-0.15, -0.1) is 0 Å². The molecule has 1 aromatic heterocycles. The van der Waals surface area contributed by atoms with Gasteiger partial charge in [0, 0.05) is 28.5 Å². The first-order valence-corrected chi connectivity index (χ1v) is 6.00. The summed E-state index contributed by atoms with van der Waals surface area (Å²) in [6.07, 6.45) is 1.47. The number of benzene rings is 1. The van der Waals surface area contributed by atoms with Crippen LogP contribution in [0.3, 0.4) is 0 Å². The van der Waals surface area contributed by atoms with Gasteiger partial charge < -0.3 is 9.67 Å². The molecule has 1 N–H and O–H groups in total. The molecular formula is C12H12BrNO. The fraction of sp³-hybridized carbons (Fsp3) is 0.333. The van der Waals surface area contributed by atoms with E-state index in [1.54, 1.807) is 0 Å². The summed E-state index contributed by atoms with van der Waals surface area (Å²) in [5, 5.41) is 10.9. The summed E-state index contributed by atoms with van der Waals surface area (Å²) in [7, 11) is 0. The minimum atomic E-state index is -0.166. The summed E-state index contributed by atoms with van der Waals surface area (Å²) in [5.41, 5.74) is 2.51. The molecule has 0 saturated carbocycles. The summed E-state index contributed by atoms with van der Waals surface area (Å²) >= 11 is 3.59. The van der Waals surface area contributed by atoms with E-state index in [2.05, 4.69) is 44.8 Å². The molecule has 1 aromatic carbocycles. The van der Waals surface area contributed by atoms with E-state index in [0.29, 0.717) is 0 Å². The number of fused-ring (bicyclic) bond motifs is 3. The molecule has 78 valence electrons. The van der Waals surface area contributed by atoms with Crippen molar-refractivity contribution >= 4 is 26.8 Å². The maximum absolute atomic E-state index is 9.63. The lowest BCUT2D eigenvalue weighted by atomic mass is 10.1. The lowest BCUT2D eigenvalue weighted by molar-refractivity contribution is 0.144. The van der Waals surface area contributed by atoms with E-state index in [1.807, 2.05) is 0 Å². The Bertz CT molecular complexity index is 518. The Kier molecular flexibility index (Phi) is 2.11. The van der Waals surface area contributed by atoms with Gasteiger partial charge in [-0.05, 0) is 34.5 Å². The molecule has 2 heterocycles. The topological polar surface area (TPSA) is 25.2 Å². The fourth-order valence-corrected chi connectivity index (χ4v) is 2.98. The van der Waals surface area contributed by atoms with Crippen LogP contribution in [0.25, 0.3) is 10.9 Å². The highest BCUT2D eigenvalue weighted by molar-refractivity contribution is 9.10. The molecule has 0 radical (unpaired) electrons. The Morgan fingerprint density at radius 1 is 1.40 bits per heavy atom. The van der Waals surface area contributed by atoms with Gasteiger partial charge in [0.05, 0.1) is 11.6 Å². The molecule has 0 bridgehead atoms. The van der Waals surface area contributed by atoms with Gasteiger partial charge in [0.15, 0.2) is 0 Å². The molecule has 0 amide bonds. The van der Waals surface area contributed by atoms with E-state index in [9.17, 15) is 5.11 Å². The van der Waals surface area contributed by atoms with E-state index in [4.69, 9.17) is 0 Å². The van der Waals surface area contributed by atoms with E-state index < -0.39 is 0 Å². The van der Waals surface area contributed by atoms with Crippen LogP contribution in [0, 0.1) is 0 Å². The Morgan fingerprint density at radius 2 is 2.27 bits per heavy atom. The van der Waals surface area contributed by atoms with Crippen molar-refractivity contribution in [3.63, 3.8) is 0 Å². The molecule has 0 spiro atoms. The van der Waals surface area contributed by atoms with E-state index in [-0.39, 0.29) is 6.10 Å². The molecule has 1 aliphatic heterocycles. The van der Waals surface area contributed by atoms with Crippen molar-refractivity contribution < 1.29 is 5.11 Å². The van der Waals surface area contributed by atoms with Crippen molar-refractivity contribution in [3.05, 3.63) is 34.4 Å². The number of aliphatic hydroxyl groups is 1. The van der Waals surface area contributed by atoms with Crippen LogP contribution in [-0.2, 0) is 13.0 Å². The van der Waals surface area contributed by atoms with Gasteiger partial charge >= 0.3 is 0 Å². The summed E-state index contributed by atoms with van der Waals surface area (Å²) < 4.78 is 3.45. The van der Waals surface area contributed by atoms with Gasteiger partial charge in [0.2, 0.25) is 0 Å². The third-order valence-electron chi connectivity index (χ3n) is 3.09. The fourth-order valence-electron chi connectivity index (χ4n) is 2.38. The van der Waals surface area contributed by atoms with Crippen molar-refractivity contribution in [1.29, 1.82) is 0 Å². The second-order valence-electron chi connectivity index (χ2n) is 4.11. The largest absolute Gasteiger partial charge is 0.393 e. The van der Waals surface area contributed by atoms with Gasteiger partial charge in [-0.3, -0.25) is 0 Å². The molecular weight excluding hydrogens is 254 g/mol. The van der Waals surface area contributed by atoms with Crippen molar-refractivity contribution in [2.24, 2.45) is 0 Å². The van der Waals surface area contributed by atoms with Crippen LogP contribution in [0.2, 0.25) is 0 Å². The molecule has 1 aliphatic rings. The standard InChI is InChI=1S/C12H12BrNO/c13-11-3-1-2-8-6-9-7-10(15)4-5-14(9)12(8)11/h1-3,6,10,15H,4-5,7H2. The highest BCUT2D eigenvalue weighted by Crippen LogP contribution is 2.30. The molecule has 1 unspecified atom stereocenters. The van der Waals surface area contributed by atoms with E-state index in [0.717, 1.165) is 23.9 Å². The van der Waals surface area contributed by atoms with Crippen LogP contribution in [0.15, 0.2) is 28.7 Å². The van der Waals surface area contributed by atoms with Gasteiger partial charge in [-0.25, -0.2) is 0 Å². The van der Waals surface area contributed by atoms with Gasteiger partial charge in [0.1, 0.15) is 0 Å². The van der Waals surface area contributed by atoms with Crippen LogP contribution in [0.5, 0.6) is 0 Å². The van der Waals surface area contributed by atoms with Crippen LogP contribution in [0.1, 0.15) is 12.1 Å². The maximum atomic E-state index is 9.63. The zero-order valence-electron chi connectivity index (χ0n) is 8.28. The van der Waals surface area contributed by atoms with E-state index >= 15 is 0 Å². The third-order valence-corrected chi connectivity index (χ3v) is 3.73. The lowest BCUT2D eigenvalue weighted by Gasteiger charge is -2.21. The van der Waals surface area contributed by atoms with Crippen LogP contribution < -0.4 is 0 Å². The first-order chi connectivity index (χ1) is 7.25. The zero-order chi connectivity index (χ0) is 10.4. The van der Waals surface area contributed by atoms with E-state index in [1.165, 1.54) is 16.6 Å². The number of aromatic nitrogens is 1. The summed E-state index contributed by atoms with van der Waals surface area (Å²) in [6.45, 7) is 0.919. The number of rotatable bonds is 0. The number of aryl methyl sites for hydroxylation is 1. The highest BCUT2D eigenvalue weighted by atomic mass is 79.9. The minimum absolute atomic E-state index is 0.166. The number of hydrogen-bond donors (Lipinski definition) is 1. The monoisotopic (exact) mass is 265 g/mol. The normalized spacial score (nSPS) is 20.5. The average Bonchev–Trinajstić information content (AvgIpc) is 2.56. The van der Waals surface area contributed by atoms with Crippen molar-refractivity contribution in [2.45, 2.75) is 25.5 Å². The first kappa shape index (κ1) is 9.43. The predicted molar refractivity (Wildman–Crippen MR) is 64.0 cm³/mol. The van der Waals surface area contributed by atoms with Crippen LogP contribution >= 0.6 is 15.9 Å². The second kappa shape index (κ2) is 3.35. The van der Waals surface area contributed by atoms with Crippen LogP contribution in [0.4, 0.5) is 0 Å². The minimum Gasteiger partial charge on any atom is -0.393 e. The smallest absolute Gasteiger partial charge is 0.0626 e. The number of hydrogen-bond acceptors (Lipinski definition) is 1. The third kappa shape index (κ3) is 1.42. The first-order valence-electron chi connectivity index (χ1n) is 5.20. The Balaban J connectivity index is 2.29. The van der Waals surface area contributed by atoms with Crippen LogP contribution in [-0.4, -0.2) is 15.8 Å². The molecule has 1 atom stereocenters. The number of halogens is 1. The zero-order valence-corrected chi connectivity index (χ0v) is 9.87. The van der Waals surface area contributed by atoms with Crippen molar-refractivity contribution in [1.82, 2.24) is 4.57 Å². The Hall–Kier alpha value is -0.800. The van der Waals surface area contributed by atoms with Gasteiger partial charge in [-0.2, -0.15) is 0 Å². The average molecular weight is 266 g/mol. The van der Waals surface area contributed by atoms with Gasteiger partial charge in [0.25, 0.3) is 0 Å². The summed E-state index contributed by atoms with van der Waals surface area (Å²) in [5.74, 6) is 0. The quantitative estimate of drug-likeness (QED) is 0.779. The van der Waals surface area contributed by atoms with Gasteiger partial charge in [-0.1, -0.05) is 12.1 Å². The highest BCUT2D eigenvalue weighted by Gasteiger charge is 2.19. The molecule has 3 heteroatoms. The number of aliphatic hydroxyl groups excluding tert-OH is 1.